The summed E-state index contributed by atoms with van der Waals surface area (Å²) in [7, 11) is 5.59. The fourth-order valence-electron chi connectivity index (χ4n) is 5.11. The topological polar surface area (TPSA) is 93.2 Å². The molecule has 8 nitrogen and oxygen atoms in total. The molecule has 5 unspecified atom stereocenters. The summed E-state index contributed by atoms with van der Waals surface area (Å²) in [6, 6.07) is -0.547. The molecule has 9 heteroatoms. The molecule has 1 aliphatic carbocycles. The Balaban J connectivity index is 1.81. The second-order valence-electron chi connectivity index (χ2n) is 8.80. The van der Waals surface area contributed by atoms with E-state index in [1.807, 2.05) is 6.92 Å². The Bertz CT molecular complexity index is 711. The van der Waals surface area contributed by atoms with Gasteiger partial charge in [-0.2, -0.15) is 0 Å². The van der Waals surface area contributed by atoms with E-state index < -0.39 is 23.5 Å². The third-order valence-corrected chi connectivity index (χ3v) is 6.40. The van der Waals surface area contributed by atoms with Crippen molar-refractivity contribution in [3.63, 3.8) is 0 Å². The number of rotatable bonds is 4. The smallest absolute Gasteiger partial charge is 0.416 e. The van der Waals surface area contributed by atoms with Crippen LogP contribution in [0.4, 0.5) is 9.59 Å². The van der Waals surface area contributed by atoms with Gasteiger partial charge in [0.1, 0.15) is 18.1 Å². The van der Waals surface area contributed by atoms with Crippen LogP contribution in [0.3, 0.4) is 0 Å². The number of cyclic esters (lactones) is 1. The lowest BCUT2D eigenvalue weighted by Crippen LogP contribution is -2.48. The van der Waals surface area contributed by atoms with Crippen molar-refractivity contribution in [3.05, 3.63) is 0 Å². The van der Waals surface area contributed by atoms with Crippen molar-refractivity contribution in [2.45, 2.75) is 83.7 Å². The van der Waals surface area contributed by atoms with E-state index >= 15 is 0 Å². The Hall–Kier alpha value is -1.90. The van der Waals surface area contributed by atoms with Gasteiger partial charge in [0.2, 0.25) is 13.8 Å². The van der Waals surface area contributed by atoms with E-state index in [9.17, 15) is 19.2 Å². The molecule has 2 radical (unpaired) electrons. The van der Waals surface area contributed by atoms with E-state index in [2.05, 4.69) is 0 Å². The van der Waals surface area contributed by atoms with Crippen LogP contribution < -0.4 is 0 Å². The first-order valence-corrected chi connectivity index (χ1v) is 10.3. The minimum absolute atomic E-state index is 0.105. The van der Waals surface area contributed by atoms with Crippen LogP contribution in [0.2, 0.25) is 0 Å². The van der Waals surface area contributed by atoms with Gasteiger partial charge in [-0.25, -0.2) is 9.69 Å². The van der Waals surface area contributed by atoms with Gasteiger partial charge in [0, 0.05) is 18.8 Å². The number of hydrogen-bond acceptors (Lipinski definition) is 6. The molecule has 1 saturated carbocycles. The second kappa shape index (κ2) is 8.09. The fourth-order valence-corrected chi connectivity index (χ4v) is 5.11. The highest BCUT2D eigenvalue weighted by atomic mass is 16.6. The van der Waals surface area contributed by atoms with E-state index in [0.29, 0.717) is 25.7 Å². The van der Waals surface area contributed by atoms with Crippen molar-refractivity contribution in [1.82, 2.24) is 9.80 Å². The van der Waals surface area contributed by atoms with Crippen LogP contribution in [0.25, 0.3) is 0 Å². The molecule has 2 heterocycles. The molecule has 0 N–H and O–H groups in total. The summed E-state index contributed by atoms with van der Waals surface area (Å²) >= 11 is 0. The average molecular weight is 404 g/mol. The van der Waals surface area contributed by atoms with Gasteiger partial charge >= 0.3 is 6.09 Å². The highest BCUT2D eigenvalue weighted by molar-refractivity contribution is 6.57. The van der Waals surface area contributed by atoms with Gasteiger partial charge in [-0.05, 0) is 46.0 Å². The lowest BCUT2D eigenvalue weighted by atomic mass is 9.74. The van der Waals surface area contributed by atoms with E-state index in [1.165, 1.54) is 4.90 Å². The van der Waals surface area contributed by atoms with Gasteiger partial charge in [0.15, 0.2) is 5.81 Å². The minimum atomic E-state index is -0.859. The van der Waals surface area contributed by atoms with Crippen molar-refractivity contribution in [1.29, 1.82) is 0 Å². The molecule has 2 saturated heterocycles. The van der Waals surface area contributed by atoms with Gasteiger partial charge in [0.25, 0.3) is 0 Å². The van der Waals surface area contributed by atoms with Crippen molar-refractivity contribution in [2.24, 2.45) is 11.8 Å². The predicted molar refractivity (Wildman–Crippen MR) is 104 cm³/mol. The zero-order chi connectivity index (χ0) is 21.5. The largest absolute Gasteiger partial charge is 0.447 e. The Labute approximate surface area is 172 Å². The van der Waals surface area contributed by atoms with Crippen LogP contribution in [-0.4, -0.2) is 71.8 Å². The van der Waals surface area contributed by atoms with E-state index in [4.69, 9.17) is 17.3 Å². The third kappa shape index (κ3) is 4.06. The summed E-state index contributed by atoms with van der Waals surface area (Å²) < 4.78 is 11.2. The summed E-state index contributed by atoms with van der Waals surface area (Å²) in [5.41, 5.74) is -0.859. The first-order chi connectivity index (χ1) is 13.6. The maximum absolute atomic E-state index is 13.2. The zero-order valence-electron chi connectivity index (χ0n) is 17.6. The number of ether oxygens (including phenoxy) is 2. The number of carbonyl (C=O) groups is 4. The van der Waals surface area contributed by atoms with Gasteiger partial charge in [-0.1, -0.05) is 6.92 Å². The lowest BCUT2D eigenvalue weighted by molar-refractivity contribution is -0.139. The number of Topliss-reactive ketones (excluding diaryl/α,β-unsaturated/α-hetero) is 1. The Morgan fingerprint density at radius 2 is 1.97 bits per heavy atom. The summed E-state index contributed by atoms with van der Waals surface area (Å²) in [6.07, 6.45) is 1.13. The number of carbonyl (C=O) groups excluding carboxylic acids is 4. The number of amides is 3. The number of imide groups is 1. The summed E-state index contributed by atoms with van der Waals surface area (Å²) in [4.78, 5) is 52.1. The van der Waals surface area contributed by atoms with E-state index in [1.54, 1.807) is 25.7 Å². The van der Waals surface area contributed by atoms with Crippen molar-refractivity contribution < 1.29 is 28.7 Å². The van der Waals surface area contributed by atoms with Crippen LogP contribution in [-0.2, 0) is 19.1 Å². The molecule has 0 bridgehead atoms. The fraction of sp³-hybridized carbons (Fsp3) is 0.800. The van der Waals surface area contributed by atoms with Crippen LogP contribution in [0.1, 0.15) is 59.8 Å². The zero-order valence-corrected chi connectivity index (χ0v) is 17.6. The molecule has 5 atom stereocenters. The number of nitrogens with zero attached hydrogens (tertiary/aromatic N) is 2. The van der Waals surface area contributed by atoms with Gasteiger partial charge < -0.3 is 14.4 Å². The molecular weight excluding hydrogens is 375 g/mol. The molecule has 0 spiro atoms. The van der Waals surface area contributed by atoms with Gasteiger partial charge in [0.05, 0.1) is 18.2 Å². The second-order valence-corrected chi connectivity index (χ2v) is 8.80. The number of hydrogen-bond donors (Lipinski definition) is 0. The predicted octanol–water partition coefficient (Wildman–Crippen LogP) is 2.23. The van der Waals surface area contributed by atoms with Crippen LogP contribution >= 0.6 is 0 Å². The molecular formula is C20H29BN2O6. The molecule has 0 aromatic heterocycles. The number of ketones is 1. The van der Waals surface area contributed by atoms with Crippen LogP contribution in [0.5, 0.6) is 0 Å². The van der Waals surface area contributed by atoms with Crippen LogP contribution in [0, 0.1) is 11.8 Å². The van der Waals surface area contributed by atoms with E-state index in [-0.39, 0.29) is 48.8 Å². The molecule has 3 aliphatic rings. The minimum Gasteiger partial charge on any atom is -0.447 e. The quantitative estimate of drug-likeness (QED) is 0.668. The average Bonchev–Trinajstić information content (AvgIpc) is 3.09. The monoisotopic (exact) mass is 404 g/mol. The summed E-state index contributed by atoms with van der Waals surface area (Å²) in [5.74, 6) is -1.44. The molecule has 2 aliphatic heterocycles. The summed E-state index contributed by atoms with van der Waals surface area (Å²) in [5, 5.41) is 0. The highest BCUT2D eigenvalue weighted by Gasteiger charge is 2.50. The molecule has 0 aromatic carbocycles. The molecule has 3 fully saturated rings. The van der Waals surface area contributed by atoms with Gasteiger partial charge in [-0.15, -0.1) is 0 Å². The van der Waals surface area contributed by atoms with Crippen molar-refractivity contribution in [2.75, 3.05) is 6.61 Å². The van der Waals surface area contributed by atoms with E-state index in [0.717, 1.165) is 0 Å². The van der Waals surface area contributed by atoms with Crippen molar-refractivity contribution in [3.8, 4) is 0 Å². The first kappa shape index (κ1) is 21.8. The highest BCUT2D eigenvalue weighted by Crippen LogP contribution is 2.41. The maximum atomic E-state index is 13.2. The Kier molecular flexibility index (Phi) is 6.08. The normalized spacial score (nSPS) is 34.4. The van der Waals surface area contributed by atoms with Crippen molar-refractivity contribution >= 4 is 31.4 Å². The molecule has 3 rings (SSSR count). The molecule has 0 aromatic rings. The first-order valence-electron chi connectivity index (χ1n) is 10.3. The van der Waals surface area contributed by atoms with Gasteiger partial charge in [-0.3, -0.25) is 14.4 Å². The Morgan fingerprint density at radius 3 is 2.52 bits per heavy atom. The lowest BCUT2D eigenvalue weighted by Gasteiger charge is -2.35. The molecule has 29 heavy (non-hydrogen) atoms. The maximum Gasteiger partial charge on any atom is 0.416 e. The van der Waals surface area contributed by atoms with Crippen LogP contribution in [0.15, 0.2) is 0 Å². The molecule has 3 amide bonds. The summed E-state index contributed by atoms with van der Waals surface area (Å²) in [6.45, 7) is 7.49. The third-order valence-electron chi connectivity index (χ3n) is 6.40. The Morgan fingerprint density at radius 1 is 1.28 bits per heavy atom. The molecule has 158 valence electrons. The SMILES string of the molecule is [B]C(=O)N1C(CC)C(CC2CC(=O)CCC2C(=O)N2C(=O)OCC2C)OC1(C)C. The standard InChI is InChI=1S/C20H29BN2O6/c1-5-15-16(29-20(3,4)23(15)18(21)26)9-12-8-13(24)6-7-14(12)17(25)22-11(2)10-28-19(22)27/h11-12,14-16H,5-10H2,1-4H3.